The fourth-order valence-corrected chi connectivity index (χ4v) is 6.76. The third-order valence-electron chi connectivity index (χ3n) is 7.33. The Morgan fingerprint density at radius 3 is 1.75 bits per heavy atom. The first-order valence-electron chi connectivity index (χ1n) is 14.3. The maximum atomic E-state index is 12.7. The Morgan fingerprint density at radius 1 is 0.660 bits per heavy atom. The first-order chi connectivity index (χ1) is 24.7. The normalized spacial score (nSPS) is 12.2. The van der Waals surface area contributed by atoms with Crippen LogP contribution in [0.25, 0.3) is 33.4 Å². The van der Waals surface area contributed by atoms with Crippen LogP contribution in [0.2, 0.25) is 0 Å². The van der Waals surface area contributed by atoms with Crippen molar-refractivity contribution in [2.45, 2.75) is 14.7 Å². The summed E-state index contributed by atoms with van der Waals surface area (Å²) in [5.74, 6) is -1.24. The van der Waals surface area contributed by atoms with E-state index in [1.807, 2.05) is 0 Å². The van der Waals surface area contributed by atoms with Gasteiger partial charge in [-0.2, -0.15) is 25.3 Å². The maximum Gasteiger partial charge on any atom is 0.425 e. The van der Waals surface area contributed by atoms with E-state index in [0.29, 0.717) is 16.8 Å². The molecule has 1 aliphatic heterocycles. The van der Waals surface area contributed by atoms with Gasteiger partial charge in [-0.15, -0.1) is 12.6 Å². The standard InChI is InChI=1S/C32H22N2O12S3.O3S/c35-32(36)24-4-2-1-3-23(24)31-25-14-9-20(33-18-5-10-21(11-6-18)47(37,38)39)15-28(25)46-29-17-27(30(16-26(29)31)49(43,44)45)34-19-7-12-22(13-8-19)48(40,41)42;1-4(2)3/h1-17,33H,(H,35,36)(H,37,38,39)(H,40,41,42)(H,43,44,45);. The quantitative estimate of drug-likeness (QED) is 0.104. The third kappa shape index (κ3) is 8.99. The predicted molar refractivity (Wildman–Crippen MR) is 186 cm³/mol. The van der Waals surface area contributed by atoms with E-state index in [9.17, 15) is 48.8 Å². The summed E-state index contributed by atoms with van der Waals surface area (Å²) in [5.41, 5.74) is 1.61. The first-order valence-corrected chi connectivity index (χ1v) is 19.6. The number of nitrogens with one attached hydrogen (secondary N) is 1. The molecule has 17 nitrogen and oxygen atoms in total. The average Bonchev–Trinajstić information content (AvgIpc) is 3.06. The third-order valence-corrected chi connectivity index (χ3v) is 9.95. The lowest BCUT2D eigenvalue weighted by Gasteiger charge is -2.18. The van der Waals surface area contributed by atoms with E-state index in [0.717, 1.165) is 18.2 Å². The highest BCUT2D eigenvalue weighted by atomic mass is 32.2. The van der Waals surface area contributed by atoms with E-state index in [2.05, 4.69) is 10.3 Å². The lowest BCUT2D eigenvalue weighted by Crippen LogP contribution is -2.16. The molecule has 1 aliphatic carbocycles. The summed E-state index contributed by atoms with van der Waals surface area (Å²) in [6.45, 7) is 0. The van der Waals surface area contributed by atoms with Gasteiger partial charge in [0.15, 0.2) is 0 Å². The number of aromatic carboxylic acids is 1. The van der Waals surface area contributed by atoms with Gasteiger partial charge in [0.05, 0.1) is 26.4 Å². The summed E-state index contributed by atoms with van der Waals surface area (Å²) < 4.78 is 131. The number of carbonyl (C=O) groups is 1. The Balaban J connectivity index is 0.00000129. The summed E-state index contributed by atoms with van der Waals surface area (Å²) in [5, 5.41) is 13.2. The van der Waals surface area contributed by atoms with Gasteiger partial charge in [-0.05, 0) is 78.4 Å². The Kier molecular flexibility index (Phi) is 10.6. The molecule has 4 aromatic rings. The minimum Gasteiger partial charge on any atom is -0.478 e. The zero-order valence-electron chi connectivity index (χ0n) is 26.2. The Hall–Kier alpha value is -5.81. The molecule has 274 valence electrons. The smallest absolute Gasteiger partial charge is 0.425 e. The molecule has 6 rings (SSSR count). The predicted octanol–water partition coefficient (Wildman–Crippen LogP) is 4.61. The number of nitrogens with zero attached hydrogens (tertiary/aromatic N) is 1. The topological polar surface area (TPSA) is 289 Å². The molecule has 4 aromatic carbocycles. The lowest BCUT2D eigenvalue weighted by molar-refractivity contribution is 0.0697. The van der Waals surface area contributed by atoms with Crippen molar-refractivity contribution in [3.8, 4) is 22.5 Å². The molecule has 53 heavy (non-hydrogen) atoms. The SMILES string of the molecule is O=C(O)c1ccccc1-c1c2cc(S(=O)(=O)O)c(=Nc3ccc(S(=O)(=O)O)cc3)cc-2oc2cc(Nc3ccc(S(=O)(=O)O)cc3)ccc12.O=S(=O)=O. The van der Waals surface area contributed by atoms with Crippen molar-refractivity contribution in [3.05, 3.63) is 114 Å². The highest BCUT2D eigenvalue weighted by molar-refractivity contribution is 7.86. The van der Waals surface area contributed by atoms with Crippen molar-refractivity contribution in [1.29, 1.82) is 0 Å². The summed E-state index contributed by atoms with van der Waals surface area (Å²) in [4.78, 5) is 15.2. The highest BCUT2D eigenvalue weighted by Crippen LogP contribution is 2.43. The molecule has 1 heterocycles. The number of anilines is 2. The molecular formula is C32H22N2O15S4. The molecule has 21 heteroatoms. The minimum atomic E-state index is -4.96. The molecule has 0 aromatic heterocycles. The fraction of sp³-hybridized carbons (Fsp3) is 0. The Bertz CT molecular complexity index is 2900. The number of fused-ring (bicyclic) bond motifs is 2. The summed E-state index contributed by atoms with van der Waals surface area (Å²) in [7, 11) is -17.0. The number of hydrogen-bond acceptors (Lipinski definition) is 13. The van der Waals surface area contributed by atoms with Crippen LogP contribution in [-0.4, -0.2) is 62.6 Å². The number of carboxylic acid groups (broad SMARTS) is 1. The molecule has 5 N–H and O–H groups in total. The van der Waals surface area contributed by atoms with Gasteiger partial charge in [0.25, 0.3) is 30.4 Å². The van der Waals surface area contributed by atoms with Crippen LogP contribution >= 0.6 is 0 Å². The molecular weight excluding hydrogens is 781 g/mol. The van der Waals surface area contributed by atoms with Crippen LogP contribution in [0.4, 0.5) is 17.1 Å². The number of rotatable bonds is 8. The van der Waals surface area contributed by atoms with E-state index >= 15 is 0 Å². The second-order valence-corrected chi connectivity index (χ2v) is 15.4. The van der Waals surface area contributed by atoms with Crippen LogP contribution in [0.15, 0.2) is 127 Å². The lowest BCUT2D eigenvalue weighted by atomic mass is 9.90. The van der Waals surface area contributed by atoms with E-state index in [1.54, 1.807) is 24.3 Å². The van der Waals surface area contributed by atoms with Crippen molar-refractivity contribution in [2.24, 2.45) is 4.99 Å². The molecule has 0 saturated heterocycles. The van der Waals surface area contributed by atoms with Gasteiger partial charge in [-0.1, -0.05) is 18.2 Å². The monoisotopic (exact) mass is 802 g/mol. The van der Waals surface area contributed by atoms with Gasteiger partial charge >= 0.3 is 16.6 Å². The van der Waals surface area contributed by atoms with Gasteiger partial charge in [-0.3, -0.25) is 13.7 Å². The van der Waals surface area contributed by atoms with E-state index in [-0.39, 0.29) is 49.5 Å². The van der Waals surface area contributed by atoms with Crippen LogP contribution in [0.3, 0.4) is 0 Å². The molecule has 0 amide bonds. The largest absolute Gasteiger partial charge is 0.478 e. The molecule has 0 radical (unpaired) electrons. The second-order valence-electron chi connectivity index (χ2n) is 10.7. The average molecular weight is 803 g/mol. The Labute approximate surface area is 301 Å². The van der Waals surface area contributed by atoms with Gasteiger partial charge in [0.1, 0.15) is 16.2 Å². The molecule has 0 spiro atoms. The van der Waals surface area contributed by atoms with Crippen LogP contribution in [0.1, 0.15) is 10.4 Å². The molecule has 0 atom stereocenters. The van der Waals surface area contributed by atoms with Crippen molar-refractivity contribution in [2.75, 3.05) is 5.32 Å². The molecule has 2 aliphatic rings. The summed E-state index contributed by atoms with van der Waals surface area (Å²) in [6, 6.07) is 22.9. The van der Waals surface area contributed by atoms with Crippen LogP contribution in [0.5, 0.6) is 0 Å². The molecule has 0 unspecified atom stereocenters. The van der Waals surface area contributed by atoms with Gasteiger partial charge < -0.3 is 14.8 Å². The molecule has 0 bridgehead atoms. The number of benzene rings is 5. The van der Waals surface area contributed by atoms with Gasteiger partial charge in [0, 0.05) is 40.0 Å². The number of carboxylic acids is 1. The van der Waals surface area contributed by atoms with Crippen molar-refractivity contribution in [1.82, 2.24) is 0 Å². The summed E-state index contributed by atoms with van der Waals surface area (Å²) >= 11 is 0. The zero-order chi connectivity index (χ0) is 38.9. The van der Waals surface area contributed by atoms with Gasteiger partial charge in [0.2, 0.25) is 0 Å². The first kappa shape index (κ1) is 38.4. The maximum absolute atomic E-state index is 12.7. The van der Waals surface area contributed by atoms with E-state index in [1.165, 1.54) is 60.7 Å². The van der Waals surface area contributed by atoms with Crippen LogP contribution < -0.4 is 10.7 Å². The van der Waals surface area contributed by atoms with Crippen molar-refractivity contribution in [3.63, 3.8) is 0 Å². The highest BCUT2D eigenvalue weighted by Gasteiger charge is 2.25. The Morgan fingerprint density at radius 2 is 1.21 bits per heavy atom. The summed E-state index contributed by atoms with van der Waals surface area (Å²) in [6.07, 6.45) is 0. The number of hydrogen-bond donors (Lipinski definition) is 5. The van der Waals surface area contributed by atoms with E-state index in [4.69, 9.17) is 17.0 Å². The minimum absolute atomic E-state index is 0.0260. The van der Waals surface area contributed by atoms with Crippen LogP contribution in [0, 0.1) is 0 Å². The van der Waals surface area contributed by atoms with Crippen molar-refractivity contribution < 1.29 is 65.9 Å². The molecule has 0 saturated carbocycles. The zero-order valence-corrected chi connectivity index (χ0v) is 29.4. The fourth-order valence-electron chi connectivity index (χ4n) is 5.16. The van der Waals surface area contributed by atoms with E-state index < -0.39 is 56.7 Å². The van der Waals surface area contributed by atoms with Crippen molar-refractivity contribution >= 4 is 75.0 Å². The van der Waals surface area contributed by atoms with Crippen LogP contribution in [-0.2, 0) is 41.0 Å². The second kappa shape index (κ2) is 14.7. The molecule has 0 fully saturated rings. The van der Waals surface area contributed by atoms with Gasteiger partial charge in [-0.25, -0.2) is 9.79 Å².